The number of benzene rings is 2. The monoisotopic (exact) mass is 298 g/mol. The zero-order valence-corrected chi connectivity index (χ0v) is 13.1. The van der Waals surface area contributed by atoms with Gasteiger partial charge in [-0.25, -0.2) is 0 Å². The summed E-state index contributed by atoms with van der Waals surface area (Å²) in [6.07, 6.45) is 2.23. The summed E-state index contributed by atoms with van der Waals surface area (Å²) in [4.78, 5) is 0.282. The molecule has 1 heteroatoms. The van der Waals surface area contributed by atoms with Crippen molar-refractivity contribution in [3.8, 4) is 11.8 Å². The van der Waals surface area contributed by atoms with Crippen LogP contribution in [0.3, 0.4) is 0 Å². The molecule has 0 saturated carbocycles. The molecule has 0 aliphatic rings. The molecule has 0 aliphatic heterocycles. The van der Waals surface area contributed by atoms with E-state index in [-0.39, 0.29) is 15.9 Å². The molecule has 0 aliphatic carbocycles. The first-order valence-corrected chi connectivity index (χ1v) is 7.15. The first-order valence-electron chi connectivity index (χ1n) is 10.7. The van der Waals surface area contributed by atoms with E-state index in [1.165, 1.54) is 12.1 Å². The van der Waals surface area contributed by atoms with Gasteiger partial charge < -0.3 is 0 Å². The summed E-state index contributed by atoms with van der Waals surface area (Å²) < 4.78 is 57.4. The Bertz CT molecular complexity index is 951. The Labute approximate surface area is 144 Å². The third-order valence-corrected chi connectivity index (χ3v) is 2.84. The van der Waals surface area contributed by atoms with E-state index in [2.05, 4.69) is 11.8 Å². The largest absolute Gasteiger partial charge is 0.298 e. The molecule has 0 radical (unpaired) electrons. The molecule has 0 saturated heterocycles. The van der Waals surface area contributed by atoms with Crippen LogP contribution in [-0.2, 0) is 6.50 Å². The minimum Gasteiger partial charge on any atom is -0.298 e. The van der Waals surface area contributed by atoms with Crippen molar-refractivity contribution in [3.63, 3.8) is 0 Å². The number of allylic oxidation sites excluding steroid dienone is 1. The normalized spacial score (nSPS) is 18.5. The van der Waals surface area contributed by atoms with Crippen LogP contribution in [0.2, 0.25) is 0 Å². The van der Waals surface area contributed by atoms with Crippen molar-refractivity contribution < 1.29 is 9.60 Å². The highest BCUT2D eigenvalue weighted by Gasteiger charge is 2.03. The quantitative estimate of drug-likeness (QED) is 0.727. The van der Waals surface area contributed by atoms with Crippen LogP contribution in [0, 0.1) is 17.3 Å². The molecule has 0 atom stereocenters. The highest BCUT2D eigenvalue weighted by Crippen LogP contribution is 2.19. The Balaban J connectivity index is 2.58. The second kappa shape index (κ2) is 7.29. The van der Waals surface area contributed by atoms with Crippen molar-refractivity contribution in [1.29, 1.82) is 0 Å². The molecule has 0 spiro atoms. The fourth-order valence-corrected chi connectivity index (χ4v) is 1.89. The molecule has 2 aromatic rings. The van der Waals surface area contributed by atoms with Gasteiger partial charge in [-0.15, -0.1) is 0 Å². The molecule has 0 aromatic heterocycles. The second-order valence-corrected chi connectivity index (χ2v) is 5.96. The van der Waals surface area contributed by atoms with E-state index >= 15 is 0 Å². The fourth-order valence-electron chi connectivity index (χ4n) is 1.89. The Kier molecular flexibility index (Phi) is 3.04. The van der Waals surface area contributed by atoms with Gasteiger partial charge in [-0.3, -0.25) is 4.90 Å². The van der Waals surface area contributed by atoms with Crippen LogP contribution in [0.1, 0.15) is 35.9 Å². The molecule has 0 unspecified atom stereocenters. The molecule has 2 aromatic carbocycles. The Hall–Kier alpha value is -2.04. The molecular formula is C21H25N. The molecule has 0 N–H and O–H groups in total. The fraction of sp³-hybridized carbons (Fsp3) is 0.333. The molecule has 0 heterocycles. The predicted octanol–water partition coefficient (Wildman–Crippen LogP) is 4.88. The van der Waals surface area contributed by atoms with Crippen LogP contribution in [-0.4, -0.2) is 18.4 Å². The summed E-state index contributed by atoms with van der Waals surface area (Å²) >= 11 is 0. The molecule has 0 fully saturated rings. The summed E-state index contributed by atoms with van der Waals surface area (Å²) in [7, 11) is 0. The van der Waals surface area contributed by atoms with Gasteiger partial charge >= 0.3 is 0 Å². The number of rotatable bonds is 4. The van der Waals surface area contributed by atoms with Crippen molar-refractivity contribution in [1.82, 2.24) is 4.90 Å². The van der Waals surface area contributed by atoms with E-state index in [0.717, 1.165) is 11.5 Å². The number of hydrogen-bond acceptors (Lipinski definition) is 1. The average molecular weight is 298 g/mol. The van der Waals surface area contributed by atoms with Gasteiger partial charge in [0.2, 0.25) is 0 Å². The van der Waals surface area contributed by atoms with E-state index in [4.69, 9.17) is 9.60 Å². The van der Waals surface area contributed by atoms with Gasteiger partial charge in [-0.05, 0) is 50.2 Å². The topological polar surface area (TPSA) is 3.24 Å². The lowest BCUT2D eigenvalue weighted by Gasteiger charge is -2.15. The zero-order chi connectivity index (χ0) is 22.1. The van der Waals surface area contributed by atoms with Crippen LogP contribution in [0.15, 0.2) is 54.6 Å². The maximum absolute atomic E-state index is 8.62. The van der Waals surface area contributed by atoms with Crippen molar-refractivity contribution in [2.75, 3.05) is 13.5 Å². The highest BCUT2D eigenvalue weighted by molar-refractivity contribution is 5.85. The lowest BCUT2D eigenvalue weighted by Crippen LogP contribution is -2.17. The minimum atomic E-state index is -3.04. The van der Waals surface area contributed by atoms with Crippen molar-refractivity contribution >= 4 is 10.8 Å². The lowest BCUT2D eigenvalue weighted by molar-refractivity contribution is 0.365. The summed E-state index contributed by atoms with van der Waals surface area (Å²) in [5.41, 5.74) is -0.206. The smallest absolute Gasteiger partial charge is 0.0481 e. The summed E-state index contributed by atoms with van der Waals surface area (Å²) in [5.74, 6) is 5.62. The second-order valence-electron chi connectivity index (χ2n) is 5.96. The van der Waals surface area contributed by atoms with E-state index in [1.807, 2.05) is 20.8 Å². The van der Waals surface area contributed by atoms with Crippen LogP contribution in [0.5, 0.6) is 0 Å². The van der Waals surface area contributed by atoms with Gasteiger partial charge in [0.1, 0.15) is 0 Å². The summed E-state index contributed by atoms with van der Waals surface area (Å²) in [5, 5.41) is 1.27. The molecule has 22 heavy (non-hydrogen) atoms. The van der Waals surface area contributed by atoms with Crippen LogP contribution in [0.25, 0.3) is 10.8 Å². The van der Waals surface area contributed by atoms with E-state index in [9.17, 15) is 0 Å². The van der Waals surface area contributed by atoms with Gasteiger partial charge in [0.05, 0.1) is 0 Å². The maximum Gasteiger partial charge on any atom is 0.0481 e. The van der Waals surface area contributed by atoms with Gasteiger partial charge in [0, 0.05) is 28.0 Å². The van der Waals surface area contributed by atoms with Crippen LogP contribution in [0.4, 0.5) is 0 Å². The average Bonchev–Trinajstić information content (AvgIpc) is 2.55. The van der Waals surface area contributed by atoms with Gasteiger partial charge in [0.25, 0.3) is 0 Å². The zero-order valence-electron chi connectivity index (χ0n) is 20.1. The molecule has 2 rings (SSSR count). The van der Waals surface area contributed by atoms with Gasteiger partial charge in [0.15, 0.2) is 0 Å². The van der Waals surface area contributed by atoms with Crippen molar-refractivity contribution in [3.05, 3.63) is 60.2 Å². The number of hydrogen-bond donors (Lipinski definition) is 0. The molecule has 0 amide bonds. The number of likely N-dealkylation sites (N-methyl/N-ethyl adjacent to an activating group) is 1. The SMILES string of the molecule is [2H]C([2H])([2H])N(C([2H])([2H])/C=C/C#CC(C)(C)C)C([2H])([2H])c1cccc2ccccc12. The first-order chi connectivity index (χ1) is 13.2. The summed E-state index contributed by atoms with van der Waals surface area (Å²) in [6, 6.07) is 11.9. The van der Waals surface area contributed by atoms with Crippen molar-refractivity contribution in [2.45, 2.75) is 27.3 Å². The number of nitrogens with zero attached hydrogens (tertiary/aromatic N) is 1. The Morgan fingerprint density at radius 3 is 2.73 bits per heavy atom. The number of fused-ring (bicyclic) bond motifs is 1. The first kappa shape index (κ1) is 9.18. The third-order valence-electron chi connectivity index (χ3n) is 2.84. The predicted molar refractivity (Wildman–Crippen MR) is 96.7 cm³/mol. The highest BCUT2D eigenvalue weighted by atomic mass is 15.1. The summed E-state index contributed by atoms with van der Waals surface area (Å²) in [6.45, 7) is -2.56. The molecular weight excluding hydrogens is 266 g/mol. The van der Waals surface area contributed by atoms with Crippen LogP contribution >= 0.6 is 0 Å². The molecule has 0 bridgehead atoms. The molecule has 1 nitrogen and oxygen atoms in total. The van der Waals surface area contributed by atoms with Gasteiger partial charge in [-0.1, -0.05) is 60.4 Å². The maximum atomic E-state index is 8.62. The minimum absolute atomic E-state index is 0.0878. The Morgan fingerprint density at radius 1 is 1.18 bits per heavy atom. The molecule has 114 valence electrons. The van der Waals surface area contributed by atoms with Crippen molar-refractivity contribution in [2.24, 2.45) is 5.41 Å². The standard InChI is InChI=1S/C21H25N/c1-21(2,3)15-8-5-9-16-22(4)17-19-13-10-12-18-11-6-7-14-20(18)19/h5-7,9-14H,16-17H2,1-4H3/b9-5+/i4D3,16D2,17D2. The van der Waals surface area contributed by atoms with E-state index < -0.39 is 20.0 Å². The van der Waals surface area contributed by atoms with Gasteiger partial charge in [-0.2, -0.15) is 0 Å². The Morgan fingerprint density at radius 2 is 1.95 bits per heavy atom. The lowest BCUT2D eigenvalue weighted by atomic mass is 9.98. The third kappa shape index (κ3) is 5.06. The van der Waals surface area contributed by atoms with E-state index in [1.54, 1.807) is 36.4 Å². The van der Waals surface area contributed by atoms with E-state index in [0.29, 0.717) is 5.39 Å². The van der Waals surface area contributed by atoms with Crippen LogP contribution < -0.4 is 0 Å².